The first-order valence-electron chi connectivity index (χ1n) is 6.41. The summed E-state index contributed by atoms with van der Waals surface area (Å²) in [5.41, 5.74) is 2.34. The highest BCUT2D eigenvalue weighted by Gasteiger charge is 2.07. The van der Waals surface area contributed by atoms with Gasteiger partial charge in [-0.3, -0.25) is 0 Å². The lowest BCUT2D eigenvalue weighted by atomic mass is 10.1. The number of ether oxygens (including phenoxy) is 1. The van der Waals surface area contributed by atoms with Crippen molar-refractivity contribution in [2.45, 2.75) is 19.5 Å². The fraction of sp³-hybridized carbons (Fsp3) is 0.250. The molecule has 0 aliphatic rings. The number of rotatable bonds is 5. The maximum atomic E-state index is 6.02. The lowest BCUT2D eigenvalue weighted by Gasteiger charge is -2.16. The van der Waals surface area contributed by atoms with Gasteiger partial charge in [-0.15, -0.1) is 0 Å². The Bertz CT molecular complexity index is 588. The fourth-order valence-corrected chi connectivity index (χ4v) is 2.55. The van der Waals surface area contributed by atoms with Gasteiger partial charge in [0.25, 0.3) is 0 Å². The molecule has 2 nitrogen and oxygen atoms in total. The molecule has 0 amide bonds. The SMILES string of the molecule is COc1cccc([C@H](C)NCc2cc(Cl)ccc2Br)c1. The van der Waals surface area contributed by atoms with Gasteiger partial charge in [-0.25, -0.2) is 0 Å². The number of benzene rings is 2. The maximum absolute atomic E-state index is 6.02. The molecule has 0 heterocycles. The molecule has 4 heteroatoms. The van der Waals surface area contributed by atoms with E-state index in [9.17, 15) is 0 Å². The van der Waals surface area contributed by atoms with E-state index < -0.39 is 0 Å². The minimum Gasteiger partial charge on any atom is -0.497 e. The summed E-state index contributed by atoms with van der Waals surface area (Å²) in [5, 5.41) is 4.24. The van der Waals surface area contributed by atoms with E-state index in [4.69, 9.17) is 16.3 Å². The van der Waals surface area contributed by atoms with Gasteiger partial charge >= 0.3 is 0 Å². The van der Waals surface area contributed by atoms with Crippen LogP contribution in [0.4, 0.5) is 0 Å². The Labute approximate surface area is 133 Å². The topological polar surface area (TPSA) is 21.3 Å². The zero-order valence-corrected chi connectivity index (χ0v) is 13.8. The molecule has 0 aliphatic carbocycles. The van der Waals surface area contributed by atoms with Crippen LogP contribution in [0.1, 0.15) is 24.1 Å². The van der Waals surface area contributed by atoms with Crippen molar-refractivity contribution in [2.75, 3.05) is 7.11 Å². The van der Waals surface area contributed by atoms with Gasteiger partial charge in [0.2, 0.25) is 0 Å². The molecule has 1 N–H and O–H groups in total. The molecule has 2 rings (SSSR count). The first-order chi connectivity index (χ1) is 9.60. The van der Waals surface area contributed by atoms with Gasteiger partial charge < -0.3 is 10.1 Å². The zero-order chi connectivity index (χ0) is 14.5. The molecule has 0 spiro atoms. The quantitative estimate of drug-likeness (QED) is 0.819. The Kier molecular flexibility index (Phi) is 5.46. The summed E-state index contributed by atoms with van der Waals surface area (Å²) >= 11 is 9.56. The molecule has 0 saturated heterocycles. The van der Waals surface area contributed by atoms with Crippen molar-refractivity contribution in [3.63, 3.8) is 0 Å². The zero-order valence-electron chi connectivity index (χ0n) is 11.5. The Morgan fingerprint density at radius 1 is 1.25 bits per heavy atom. The molecule has 0 aromatic heterocycles. The minimum atomic E-state index is 0.232. The van der Waals surface area contributed by atoms with Crippen molar-refractivity contribution in [2.24, 2.45) is 0 Å². The lowest BCUT2D eigenvalue weighted by Crippen LogP contribution is -2.18. The summed E-state index contributed by atoms with van der Waals surface area (Å²) in [6.45, 7) is 2.88. The Balaban J connectivity index is 2.04. The summed E-state index contributed by atoms with van der Waals surface area (Å²) in [7, 11) is 1.68. The number of halogens is 2. The molecular weight excluding hydrogens is 338 g/mol. The van der Waals surface area contributed by atoms with Crippen LogP contribution in [0.5, 0.6) is 5.75 Å². The van der Waals surface area contributed by atoms with Crippen LogP contribution >= 0.6 is 27.5 Å². The predicted molar refractivity (Wildman–Crippen MR) is 87.4 cm³/mol. The first-order valence-corrected chi connectivity index (χ1v) is 7.58. The van der Waals surface area contributed by atoms with Crippen LogP contribution in [0.2, 0.25) is 5.02 Å². The van der Waals surface area contributed by atoms with E-state index in [1.165, 1.54) is 5.56 Å². The van der Waals surface area contributed by atoms with Crippen molar-refractivity contribution < 1.29 is 4.74 Å². The summed E-state index contributed by atoms with van der Waals surface area (Å²) < 4.78 is 6.31. The van der Waals surface area contributed by atoms with Gasteiger partial charge in [-0.2, -0.15) is 0 Å². The van der Waals surface area contributed by atoms with Gasteiger partial charge in [0.1, 0.15) is 5.75 Å². The molecule has 0 unspecified atom stereocenters. The average molecular weight is 355 g/mol. The van der Waals surface area contributed by atoms with Crippen molar-refractivity contribution in [1.29, 1.82) is 0 Å². The summed E-state index contributed by atoms with van der Waals surface area (Å²) in [4.78, 5) is 0. The summed E-state index contributed by atoms with van der Waals surface area (Å²) in [6, 6.07) is 14.1. The van der Waals surface area contributed by atoms with Gasteiger partial charge in [0.15, 0.2) is 0 Å². The predicted octanol–water partition coefficient (Wildman–Crippen LogP) is 4.96. The molecule has 106 valence electrons. The highest BCUT2D eigenvalue weighted by atomic mass is 79.9. The number of hydrogen-bond donors (Lipinski definition) is 1. The van der Waals surface area contributed by atoms with E-state index in [2.05, 4.69) is 34.2 Å². The van der Waals surface area contributed by atoms with Crippen molar-refractivity contribution in [3.8, 4) is 5.75 Å². The fourth-order valence-electron chi connectivity index (χ4n) is 1.97. The Morgan fingerprint density at radius 3 is 2.80 bits per heavy atom. The van der Waals surface area contributed by atoms with Crippen molar-refractivity contribution in [3.05, 3.63) is 63.1 Å². The standard InChI is InChI=1S/C16H17BrClNO/c1-11(12-4-3-5-15(9-12)20-2)19-10-13-8-14(18)6-7-16(13)17/h3-9,11,19H,10H2,1-2H3/t11-/m0/s1. The Hall–Kier alpha value is -1.03. The van der Waals surface area contributed by atoms with Crippen molar-refractivity contribution in [1.82, 2.24) is 5.32 Å². The monoisotopic (exact) mass is 353 g/mol. The summed E-state index contributed by atoms with van der Waals surface area (Å²) in [6.07, 6.45) is 0. The largest absolute Gasteiger partial charge is 0.497 e. The van der Waals surface area contributed by atoms with Crippen molar-refractivity contribution >= 4 is 27.5 Å². The number of nitrogens with one attached hydrogen (secondary N) is 1. The van der Waals surface area contributed by atoms with Crippen LogP contribution in [0.3, 0.4) is 0 Å². The van der Waals surface area contributed by atoms with E-state index in [0.29, 0.717) is 0 Å². The molecule has 0 fully saturated rings. The van der Waals surface area contributed by atoms with E-state index >= 15 is 0 Å². The smallest absolute Gasteiger partial charge is 0.119 e. The molecular formula is C16H17BrClNO. The minimum absolute atomic E-state index is 0.232. The van der Waals surface area contributed by atoms with Crippen LogP contribution in [0.15, 0.2) is 46.9 Å². The van der Waals surface area contributed by atoms with Crippen LogP contribution in [-0.2, 0) is 6.54 Å². The molecule has 20 heavy (non-hydrogen) atoms. The van der Waals surface area contributed by atoms with Gasteiger partial charge in [0.05, 0.1) is 7.11 Å². The third-order valence-electron chi connectivity index (χ3n) is 3.20. The normalized spacial score (nSPS) is 12.2. The molecule has 2 aromatic rings. The third-order valence-corrected chi connectivity index (χ3v) is 4.21. The van der Waals surface area contributed by atoms with Gasteiger partial charge in [-0.1, -0.05) is 39.7 Å². The maximum Gasteiger partial charge on any atom is 0.119 e. The lowest BCUT2D eigenvalue weighted by molar-refractivity contribution is 0.413. The second-order valence-corrected chi connectivity index (χ2v) is 5.91. The number of hydrogen-bond acceptors (Lipinski definition) is 2. The highest BCUT2D eigenvalue weighted by Crippen LogP contribution is 2.23. The van der Waals surface area contributed by atoms with Gasteiger partial charge in [0, 0.05) is 22.1 Å². The highest BCUT2D eigenvalue weighted by molar-refractivity contribution is 9.10. The number of methoxy groups -OCH3 is 1. The molecule has 0 bridgehead atoms. The average Bonchev–Trinajstić information content (AvgIpc) is 2.48. The van der Waals surface area contributed by atoms with Gasteiger partial charge in [-0.05, 0) is 48.4 Å². The summed E-state index contributed by atoms with van der Waals surface area (Å²) in [5.74, 6) is 0.875. The molecule has 0 aliphatic heterocycles. The molecule has 1 atom stereocenters. The van der Waals surface area contributed by atoms with Crippen LogP contribution in [0, 0.1) is 0 Å². The molecule has 0 saturated carbocycles. The van der Waals surface area contributed by atoms with E-state index in [0.717, 1.165) is 27.4 Å². The first kappa shape index (κ1) is 15.4. The second-order valence-electron chi connectivity index (χ2n) is 4.61. The third kappa shape index (κ3) is 3.98. The second kappa shape index (κ2) is 7.11. The molecule has 0 radical (unpaired) electrons. The Morgan fingerprint density at radius 2 is 2.05 bits per heavy atom. The molecule has 2 aromatic carbocycles. The van der Waals surface area contributed by atoms with E-state index in [1.807, 2.05) is 36.4 Å². The van der Waals surface area contributed by atoms with Crippen LogP contribution < -0.4 is 10.1 Å². The van der Waals surface area contributed by atoms with E-state index in [-0.39, 0.29) is 6.04 Å². The van der Waals surface area contributed by atoms with E-state index in [1.54, 1.807) is 7.11 Å². The van der Waals surface area contributed by atoms with Crippen LogP contribution in [0.25, 0.3) is 0 Å². The van der Waals surface area contributed by atoms with Crippen LogP contribution in [-0.4, -0.2) is 7.11 Å².